The highest BCUT2D eigenvalue weighted by atomic mass is 16.5. The molecule has 2 aromatic carbocycles. The Morgan fingerprint density at radius 1 is 1.16 bits per heavy atom. The predicted molar refractivity (Wildman–Crippen MR) is 128 cm³/mol. The zero-order chi connectivity index (χ0) is 26.5. The molecule has 2 amide bonds. The molecule has 1 aliphatic heterocycles. The van der Waals surface area contributed by atoms with E-state index in [4.69, 9.17) is 14.3 Å². The second kappa shape index (κ2) is 10.5. The molecule has 0 fully saturated rings. The molecule has 6 N–H and O–H groups in total. The van der Waals surface area contributed by atoms with Crippen molar-refractivity contribution in [1.29, 1.82) is 0 Å². The summed E-state index contributed by atoms with van der Waals surface area (Å²) < 4.78 is 10.6. The minimum atomic E-state index is -1.43. The van der Waals surface area contributed by atoms with E-state index >= 15 is 0 Å². The number of ether oxygens (including phenoxy) is 1. The lowest BCUT2D eigenvalue weighted by molar-refractivity contribution is -0.139. The molecule has 0 aliphatic carbocycles. The number of fused-ring (bicyclic) bond motifs is 1. The summed E-state index contributed by atoms with van der Waals surface area (Å²) in [6.45, 7) is -0.268. The van der Waals surface area contributed by atoms with E-state index in [1.165, 1.54) is 18.3 Å². The van der Waals surface area contributed by atoms with Crippen molar-refractivity contribution < 1.29 is 38.9 Å². The molecular weight excluding hydrogens is 486 g/mol. The summed E-state index contributed by atoms with van der Waals surface area (Å²) in [4.78, 5) is 50.4. The Kier molecular flexibility index (Phi) is 7.03. The second-order valence-corrected chi connectivity index (χ2v) is 7.75. The van der Waals surface area contributed by atoms with Crippen LogP contribution in [0, 0.1) is 6.08 Å². The fraction of sp³-hybridized carbons (Fsp3) is 0.120. The lowest BCUT2D eigenvalue weighted by Crippen LogP contribution is -2.41. The first-order valence-corrected chi connectivity index (χ1v) is 10.8. The first kappa shape index (κ1) is 24.8. The molecule has 188 valence electrons. The van der Waals surface area contributed by atoms with Gasteiger partial charge in [0.25, 0.3) is 17.5 Å². The number of dihydropyridines is 1. The summed E-state index contributed by atoms with van der Waals surface area (Å²) in [5.74, 6) is -4.03. The van der Waals surface area contributed by atoms with Crippen molar-refractivity contribution in [1.82, 2.24) is 16.0 Å². The van der Waals surface area contributed by atoms with E-state index in [9.17, 15) is 29.4 Å². The normalized spacial score (nSPS) is 13.0. The molecule has 1 unspecified atom stereocenters. The summed E-state index contributed by atoms with van der Waals surface area (Å²) >= 11 is 0. The standard InChI is InChI=1S/C25H19N3O9/c29-17-9-15-20(10-18(17)30)36-11-16(23(15)33)24(34)28-22(25(35)27-13-5-7-26-8-6-13)14-3-1-2-4-19(14)37-12-21(31)32/h1-5,8-11,22,26H,7,12H2,(H4-,27,28,29,30,31,32,33,34,35)/p+1. The topological polar surface area (TPSA) is 187 Å². The number of benzene rings is 2. The van der Waals surface area contributed by atoms with Gasteiger partial charge in [-0.05, 0) is 12.1 Å². The molecule has 0 bridgehead atoms. The number of aromatic hydroxyl groups is 2. The number of aliphatic carboxylic acids is 1. The molecule has 1 aromatic heterocycles. The smallest absolute Gasteiger partial charge is 0.341 e. The minimum Gasteiger partial charge on any atom is -0.504 e. The lowest BCUT2D eigenvalue weighted by Gasteiger charge is -2.20. The summed E-state index contributed by atoms with van der Waals surface area (Å²) in [6, 6.07) is 6.56. The van der Waals surface area contributed by atoms with Crippen LogP contribution in [0.2, 0.25) is 0 Å². The molecule has 3 aromatic rings. The maximum Gasteiger partial charge on any atom is 0.341 e. The Labute approximate surface area is 208 Å². The zero-order valence-electron chi connectivity index (χ0n) is 19.0. The number of carbonyl (C=O) groups is 3. The molecule has 2 heterocycles. The fourth-order valence-electron chi connectivity index (χ4n) is 3.49. The van der Waals surface area contributed by atoms with Gasteiger partial charge in [-0.25, -0.2) is 4.79 Å². The van der Waals surface area contributed by atoms with Gasteiger partial charge in [0.1, 0.15) is 48.0 Å². The first-order chi connectivity index (χ1) is 17.7. The third-order valence-electron chi connectivity index (χ3n) is 5.24. The largest absolute Gasteiger partial charge is 0.504 e. The average Bonchev–Trinajstić information content (AvgIpc) is 2.88. The minimum absolute atomic E-state index is 0.0232. The van der Waals surface area contributed by atoms with Gasteiger partial charge in [0.2, 0.25) is 5.43 Å². The van der Waals surface area contributed by atoms with Crippen LogP contribution in [0.3, 0.4) is 0 Å². The summed E-state index contributed by atoms with van der Waals surface area (Å²) in [5.41, 5.74) is -0.917. The van der Waals surface area contributed by atoms with Crippen LogP contribution in [0.25, 0.3) is 11.0 Å². The number of hydrogen-bond acceptors (Lipinski definition) is 9. The number of phenolic OH excluding ortho intramolecular Hbond substituents is 2. The number of hydrogen-bond donors (Lipinski definition) is 6. The molecular formula is C25H20N3O9+. The van der Waals surface area contributed by atoms with E-state index in [2.05, 4.69) is 22.0 Å². The van der Waals surface area contributed by atoms with Gasteiger partial charge in [0.05, 0.1) is 11.5 Å². The van der Waals surface area contributed by atoms with Gasteiger partial charge < -0.3 is 35.1 Å². The van der Waals surface area contributed by atoms with Crippen LogP contribution in [0.1, 0.15) is 22.0 Å². The van der Waals surface area contributed by atoms with Crippen LogP contribution in [-0.2, 0) is 9.59 Å². The molecule has 4 rings (SSSR count). The fourth-order valence-corrected chi connectivity index (χ4v) is 3.49. The molecule has 37 heavy (non-hydrogen) atoms. The Balaban J connectivity index is 1.71. The van der Waals surface area contributed by atoms with E-state index in [1.807, 2.05) is 0 Å². The third-order valence-corrected chi connectivity index (χ3v) is 5.24. The molecule has 1 aliphatic rings. The number of carboxylic acids is 1. The van der Waals surface area contributed by atoms with Gasteiger partial charge >= 0.3 is 5.97 Å². The molecule has 12 heteroatoms. The zero-order valence-corrected chi connectivity index (χ0v) is 19.0. The van der Waals surface area contributed by atoms with Crippen molar-refractivity contribution in [3.63, 3.8) is 0 Å². The number of amides is 2. The first-order valence-electron chi connectivity index (χ1n) is 10.8. The van der Waals surface area contributed by atoms with E-state index in [1.54, 1.807) is 18.2 Å². The quantitative estimate of drug-likeness (QED) is 0.190. The van der Waals surface area contributed by atoms with Crippen LogP contribution in [0.15, 0.2) is 69.8 Å². The van der Waals surface area contributed by atoms with Crippen LogP contribution in [0.5, 0.6) is 17.2 Å². The highest BCUT2D eigenvalue weighted by Gasteiger charge is 2.30. The number of phenols is 2. The number of nitrogens with one attached hydrogen (secondary N) is 3. The molecule has 0 saturated heterocycles. The Bertz CT molecular complexity index is 1510. The maximum absolute atomic E-state index is 13.3. The molecule has 0 spiro atoms. The van der Waals surface area contributed by atoms with Gasteiger partial charge in [-0.3, -0.25) is 19.7 Å². The van der Waals surface area contributed by atoms with Gasteiger partial charge in [0.15, 0.2) is 18.1 Å². The second-order valence-electron chi connectivity index (χ2n) is 7.75. The number of carbonyl (C=O) groups excluding carboxylic acids is 2. The molecule has 12 nitrogen and oxygen atoms in total. The van der Waals surface area contributed by atoms with Crippen molar-refractivity contribution >= 4 is 28.8 Å². The highest BCUT2D eigenvalue weighted by Crippen LogP contribution is 2.29. The van der Waals surface area contributed by atoms with Crippen molar-refractivity contribution in [2.75, 3.05) is 13.2 Å². The van der Waals surface area contributed by atoms with Crippen molar-refractivity contribution in [2.24, 2.45) is 0 Å². The van der Waals surface area contributed by atoms with Gasteiger partial charge in [0, 0.05) is 11.6 Å². The van der Waals surface area contributed by atoms with Crippen molar-refractivity contribution in [3.05, 3.63) is 88.1 Å². The molecule has 1 atom stereocenters. The SMILES string of the molecule is O=C(O)COc1ccccc1C(NC(=O)c1coc2cc(O)c(O)cc2c1=O)C(=O)NC1=CCNC=[C+]1. The number of allylic oxidation sites excluding steroid dienone is 1. The van der Waals surface area contributed by atoms with Gasteiger partial charge in [-0.2, -0.15) is 0 Å². The van der Waals surface area contributed by atoms with E-state index in [0.29, 0.717) is 12.2 Å². The monoisotopic (exact) mass is 506 g/mol. The maximum atomic E-state index is 13.3. The predicted octanol–water partition coefficient (Wildman–Crippen LogP) is 1.06. The number of carboxylic acid groups (broad SMARTS) is 1. The molecule has 0 saturated carbocycles. The van der Waals surface area contributed by atoms with E-state index < -0.39 is 52.9 Å². The van der Waals surface area contributed by atoms with E-state index in [-0.39, 0.29) is 22.3 Å². The van der Waals surface area contributed by atoms with E-state index in [0.717, 1.165) is 18.4 Å². The summed E-state index contributed by atoms with van der Waals surface area (Å²) in [6.07, 6.45) is 6.81. The summed E-state index contributed by atoms with van der Waals surface area (Å²) in [5, 5.41) is 36.2. The average molecular weight is 506 g/mol. The van der Waals surface area contributed by atoms with Crippen LogP contribution in [0.4, 0.5) is 0 Å². The van der Waals surface area contributed by atoms with Crippen LogP contribution < -0.4 is 26.1 Å². The number of para-hydroxylation sites is 1. The Hall–Kier alpha value is -5.35. The van der Waals surface area contributed by atoms with Gasteiger partial charge in [-0.1, -0.05) is 18.2 Å². The van der Waals surface area contributed by atoms with Crippen molar-refractivity contribution in [2.45, 2.75) is 6.04 Å². The molecule has 0 radical (unpaired) electrons. The number of rotatable bonds is 8. The van der Waals surface area contributed by atoms with Crippen molar-refractivity contribution in [3.8, 4) is 17.2 Å². The summed E-state index contributed by atoms with van der Waals surface area (Å²) in [7, 11) is 0. The van der Waals surface area contributed by atoms with Crippen LogP contribution in [-0.4, -0.2) is 46.3 Å². The highest BCUT2D eigenvalue weighted by molar-refractivity contribution is 6.00. The Morgan fingerprint density at radius 2 is 1.92 bits per heavy atom. The Morgan fingerprint density at radius 3 is 2.65 bits per heavy atom. The lowest BCUT2D eigenvalue weighted by atomic mass is 10.0. The third kappa shape index (κ3) is 5.50. The van der Waals surface area contributed by atoms with Crippen LogP contribution >= 0.6 is 0 Å². The van der Waals surface area contributed by atoms with Gasteiger partial charge in [-0.15, -0.1) is 0 Å².